The molecule has 0 aliphatic heterocycles. The second-order valence-corrected chi connectivity index (χ2v) is 3.89. The third-order valence-electron chi connectivity index (χ3n) is 2.79. The first kappa shape index (κ1) is 9.27. The van der Waals surface area contributed by atoms with Crippen LogP contribution in [0.3, 0.4) is 0 Å². The van der Waals surface area contributed by atoms with Crippen molar-refractivity contribution in [3.05, 3.63) is 18.3 Å². The second kappa shape index (κ2) is 3.46. The Labute approximate surface area is 83.2 Å². The first-order valence-electron chi connectivity index (χ1n) is 4.85. The van der Waals surface area contributed by atoms with E-state index < -0.39 is 0 Å². The first-order chi connectivity index (χ1) is 6.74. The van der Waals surface area contributed by atoms with Crippen molar-refractivity contribution in [2.75, 3.05) is 17.7 Å². The van der Waals surface area contributed by atoms with Gasteiger partial charge in [0, 0.05) is 18.0 Å². The fourth-order valence-electron chi connectivity index (χ4n) is 1.71. The summed E-state index contributed by atoms with van der Waals surface area (Å²) in [4.78, 5) is 4.15. The smallest absolute Gasteiger partial charge is 0.128 e. The molecule has 4 N–H and O–H groups in total. The molecule has 14 heavy (non-hydrogen) atoms. The number of aromatic nitrogens is 1. The summed E-state index contributed by atoms with van der Waals surface area (Å²) in [6.45, 7) is 0.156. The fourth-order valence-corrected chi connectivity index (χ4v) is 1.71. The molecule has 4 heteroatoms. The molecule has 2 rings (SSSR count). The number of pyridine rings is 1. The molecular formula is C10H15N3O. The summed E-state index contributed by atoms with van der Waals surface area (Å²) < 4.78 is 0. The standard InChI is InChI=1S/C10H15N3O/c11-8-2-5-12-9(6-8)13-10(7-14)3-1-4-10/h2,5-6,14H,1,3-4,7H2,(H3,11,12,13). The molecule has 1 saturated carbocycles. The van der Waals surface area contributed by atoms with Crippen molar-refractivity contribution in [3.8, 4) is 0 Å². The van der Waals surface area contributed by atoms with Gasteiger partial charge in [0.25, 0.3) is 0 Å². The lowest BCUT2D eigenvalue weighted by molar-refractivity contribution is 0.144. The summed E-state index contributed by atoms with van der Waals surface area (Å²) in [6.07, 6.45) is 4.83. The molecule has 1 aliphatic carbocycles. The molecule has 1 aromatic rings. The Balaban J connectivity index is 2.09. The molecule has 0 saturated heterocycles. The van der Waals surface area contributed by atoms with Crippen LogP contribution >= 0.6 is 0 Å². The number of anilines is 2. The van der Waals surface area contributed by atoms with E-state index in [1.165, 1.54) is 0 Å². The quantitative estimate of drug-likeness (QED) is 0.669. The predicted octanol–water partition coefficient (Wildman–Crippen LogP) is 0.991. The van der Waals surface area contributed by atoms with E-state index >= 15 is 0 Å². The number of aliphatic hydroxyl groups excluding tert-OH is 1. The molecule has 0 radical (unpaired) electrons. The maximum Gasteiger partial charge on any atom is 0.128 e. The zero-order valence-electron chi connectivity index (χ0n) is 8.03. The Morgan fingerprint density at radius 3 is 2.86 bits per heavy atom. The molecule has 0 amide bonds. The van der Waals surface area contributed by atoms with E-state index in [9.17, 15) is 5.11 Å². The topological polar surface area (TPSA) is 71.2 Å². The third kappa shape index (κ3) is 1.65. The second-order valence-electron chi connectivity index (χ2n) is 3.89. The van der Waals surface area contributed by atoms with Gasteiger partial charge in [-0.1, -0.05) is 0 Å². The lowest BCUT2D eigenvalue weighted by atomic mass is 9.77. The molecule has 1 fully saturated rings. The van der Waals surface area contributed by atoms with Crippen molar-refractivity contribution in [2.45, 2.75) is 24.8 Å². The largest absolute Gasteiger partial charge is 0.399 e. The summed E-state index contributed by atoms with van der Waals surface area (Å²) in [6, 6.07) is 3.54. The number of aliphatic hydroxyl groups is 1. The highest BCUT2D eigenvalue weighted by atomic mass is 16.3. The van der Waals surface area contributed by atoms with Crippen LogP contribution in [0.4, 0.5) is 11.5 Å². The van der Waals surface area contributed by atoms with Crippen molar-refractivity contribution in [1.29, 1.82) is 0 Å². The van der Waals surface area contributed by atoms with Crippen LogP contribution in [0, 0.1) is 0 Å². The number of nitrogens with zero attached hydrogens (tertiary/aromatic N) is 1. The molecule has 1 aromatic heterocycles. The highest BCUT2D eigenvalue weighted by molar-refractivity contribution is 5.50. The summed E-state index contributed by atoms with van der Waals surface area (Å²) >= 11 is 0. The van der Waals surface area contributed by atoms with Gasteiger partial charge < -0.3 is 16.2 Å². The molecule has 1 aliphatic rings. The van der Waals surface area contributed by atoms with Crippen LogP contribution in [-0.2, 0) is 0 Å². The summed E-state index contributed by atoms with van der Waals surface area (Å²) in [5.41, 5.74) is 6.17. The summed E-state index contributed by atoms with van der Waals surface area (Å²) in [7, 11) is 0. The highest BCUT2D eigenvalue weighted by Crippen LogP contribution is 2.34. The van der Waals surface area contributed by atoms with E-state index in [2.05, 4.69) is 10.3 Å². The van der Waals surface area contributed by atoms with Gasteiger partial charge in [0.15, 0.2) is 0 Å². The van der Waals surface area contributed by atoms with Gasteiger partial charge in [0.2, 0.25) is 0 Å². The number of nitrogens with one attached hydrogen (secondary N) is 1. The van der Waals surface area contributed by atoms with Gasteiger partial charge in [-0.15, -0.1) is 0 Å². The van der Waals surface area contributed by atoms with Gasteiger partial charge in [-0.05, 0) is 25.3 Å². The van der Waals surface area contributed by atoms with Gasteiger partial charge in [0.05, 0.1) is 12.1 Å². The number of rotatable bonds is 3. The Hall–Kier alpha value is -1.29. The summed E-state index contributed by atoms with van der Waals surface area (Å²) in [5.74, 6) is 0.749. The van der Waals surface area contributed by atoms with Crippen molar-refractivity contribution in [1.82, 2.24) is 4.98 Å². The van der Waals surface area contributed by atoms with E-state index in [1.54, 1.807) is 18.3 Å². The average Bonchev–Trinajstić information content (AvgIpc) is 2.11. The van der Waals surface area contributed by atoms with E-state index in [1.807, 2.05) is 0 Å². The van der Waals surface area contributed by atoms with Crippen molar-refractivity contribution >= 4 is 11.5 Å². The van der Waals surface area contributed by atoms with Gasteiger partial charge in [-0.25, -0.2) is 4.98 Å². The lowest BCUT2D eigenvalue weighted by Crippen LogP contribution is -2.48. The zero-order valence-corrected chi connectivity index (χ0v) is 8.03. The number of nitrogens with two attached hydrogens (primary N) is 1. The van der Waals surface area contributed by atoms with Crippen molar-refractivity contribution in [3.63, 3.8) is 0 Å². The Morgan fingerprint density at radius 1 is 1.57 bits per heavy atom. The van der Waals surface area contributed by atoms with Crippen LogP contribution in [0.25, 0.3) is 0 Å². The molecule has 0 bridgehead atoms. The SMILES string of the molecule is Nc1ccnc(NC2(CO)CCC2)c1. The van der Waals surface area contributed by atoms with Gasteiger partial charge >= 0.3 is 0 Å². The summed E-state index contributed by atoms with van der Waals surface area (Å²) in [5, 5.41) is 12.5. The minimum absolute atomic E-state index is 0.152. The van der Waals surface area contributed by atoms with E-state index in [0.29, 0.717) is 5.69 Å². The van der Waals surface area contributed by atoms with Crippen LogP contribution in [0.15, 0.2) is 18.3 Å². The zero-order chi connectivity index (χ0) is 10.0. The third-order valence-corrected chi connectivity index (χ3v) is 2.79. The van der Waals surface area contributed by atoms with Gasteiger partial charge in [-0.2, -0.15) is 0 Å². The molecule has 76 valence electrons. The maximum absolute atomic E-state index is 9.25. The molecule has 0 atom stereocenters. The van der Waals surface area contributed by atoms with E-state index in [0.717, 1.165) is 25.1 Å². The number of hydrogen-bond donors (Lipinski definition) is 3. The minimum Gasteiger partial charge on any atom is -0.399 e. The normalized spacial score (nSPS) is 18.6. The Bertz CT molecular complexity index is 317. The molecule has 0 spiro atoms. The van der Waals surface area contributed by atoms with Crippen LogP contribution in [0.1, 0.15) is 19.3 Å². The Kier molecular flexibility index (Phi) is 2.29. The highest BCUT2D eigenvalue weighted by Gasteiger charge is 2.36. The molecule has 4 nitrogen and oxygen atoms in total. The molecule has 0 unspecified atom stereocenters. The van der Waals surface area contributed by atoms with Gasteiger partial charge in [-0.3, -0.25) is 0 Å². The van der Waals surface area contributed by atoms with Crippen molar-refractivity contribution < 1.29 is 5.11 Å². The number of nitrogen functional groups attached to an aromatic ring is 1. The Morgan fingerprint density at radius 2 is 2.36 bits per heavy atom. The van der Waals surface area contributed by atoms with Crippen molar-refractivity contribution in [2.24, 2.45) is 0 Å². The van der Waals surface area contributed by atoms with Crippen LogP contribution < -0.4 is 11.1 Å². The number of hydrogen-bond acceptors (Lipinski definition) is 4. The van der Waals surface area contributed by atoms with E-state index in [4.69, 9.17) is 5.73 Å². The van der Waals surface area contributed by atoms with E-state index in [-0.39, 0.29) is 12.1 Å². The lowest BCUT2D eigenvalue weighted by Gasteiger charge is -2.41. The van der Waals surface area contributed by atoms with Crippen LogP contribution in [0.5, 0.6) is 0 Å². The monoisotopic (exact) mass is 193 g/mol. The minimum atomic E-state index is -0.152. The fraction of sp³-hybridized carbons (Fsp3) is 0.500. The first-order valence-corrected chi connectivity index (χ1v) is 4.85. The van der Waals surface area contributed by atoms with Crippen LogP contribution in [-0.4, -0.2) is 22.2 Å². The van der Waals surface area contributed by atoms with Crippen LogP contribution in [0.2, 0.25) is 0 Å². The molecule has 0 aromatic carbocycles. The molecule has 1 heterocycles. The average molecular weight is 193 g/mol. The molecular weight excluding hydrogens is 178 g/mol. The maximum atomic E-state index is 9.25. The predicted molar refractivity (Wildman–Crippen MR) is 55.9 cm³/mol. The van der Waals surface area contributed by atoms with Gasteiger partial charge in [0.1, 0.15) is 5.82 Å².